The van der Waals surface area contributed by atoms with Gasteiger partial charge >= 0.3 is 0 Å². The highest BCUT2D eigenvalue weighted by atomic mass is 19.1. The van der Waals surface area contributed by atoms with Gasteiger partial charge in [-0.3, -0.25) is 0 Å². The van der Waals surface area contributed by atoms with E-state index in [-0.39, 0.29) is 5.82 Å². The predicted molar refractivity (Wildman–Crippen MR) is 95.4 cm³/mol. The van der Waals surface area contributed by atoms with E-state index < -0.39 is 0 Å². The molecule has 0 bridgehead atoms. The van der Waals surface area contributed by atoms with Crippen LogP contribution >= 0.6 is 0 Å². The molecule has 3 nitrogen and oxygen atoms in total. The van der Waals surface area contributed by atoms with Crippen molar-refractivity contribution in [1.82, 2.24) is 5.32 Å². The monoisotopic (exact) mass is 326 g/mol. The SMILES string of the molecule is COc1cc(C)c(-c2ccc3c(c2)N2CCNCCC2C3)cc1F. The maximum absolute atomic E-state index is 14.2. The Kier molecular flexibility index (Phi) is 3.93. The minimum Gasteiger partial charge on any atom is -0.494 e. The maximum Gasteiger partial charge on any atom is 0.165 e. The van der Waals surface area contributed by atoms with Crippen LogP contribution in [0.1, 0.15) is 17.5 Å². The van der Waals surface area contributed by atoms with E-state index in [0.717, 1.165) is 42.7 Å². The highest BCUT2D eigenvalue weighted by Gasteiger charge is 2.30. The van der Waals surface area contributed by atoms with Crippen LogP contribution in [-0.2, 0) is 6.42 Å². The van der Waals surface area contributed by atoms with Crippen molar-refractivity contribution in [3.05, 3.63) is 47.3 Å². The molecule has 0 saturated carbocycles. The highest BCUT2D eigenvalue weighted by molar-refractivity contribution is 5.75. The van der Waals surface area contributed by atoms with E-state index >= 15 is 0 Å². The molecule has 2 aliphatic rings. The van der Waals surface area contributed by atoms with Crippen molar-refractivity contribution in [1.29, 1.82) is 0 Å². The third kappa shape index (κ3) is 2.55. The van der Waals surface area contributed by atoms with Crippen LogP contribution in [0.5, 0.6) is 5.75 Å². The minimum absolute atomic E-state index is 0.302. The Hall–Kier alpha value is -2.07. The highest BCUT2D eigenvalue weighted by Crippen LogP contribution is 2.38. The Balaban J connectivity index is 1.75. The van der Waals surface area contributed by atoms with Gasteiger partial charge in [-0.2, -0.15) is 0 Å². The number of benzene rings is 2. The molecule has 1 atom stereocenters. The molecular formula is C20H23FN2O. The molecule has 1 saturated heterocycles. The molecule has 2 aliphatic heterocycles. The summed E-state index contributed by atoms with van der Waals surface area (Å²) < 4.78 is 19.3. The van der Waals surface area contributed by atoms with Crippen molar-refractivity contribution < 1.29 is 9.13 Å². The third-order valence-electron chi connectivity index (χ3n) is 5.28. The Morgan fingerprint density at radius 2 is 2.08 bits per heavy atom. The first kappa shape index (κ1) is 15.5. The summed E-state index contributed by atoms with van der Waals surface area (Å²) >= 11 is 0. The number of anilines is 1. The summed E-state index contributed by atoms with van der Waals surface area (Å²) in [5.74, 6) is -0.00786. The number of halogens is 1. The summed E-state index contributed by atoms with van der Waals surface area (Å²) in [7, 11) is 1.50. The first-order chi connectivity index (χ1) is 11.7. The summed E-state index contributed by atoms with van der Waals surface area (Å²) in [6, 6.07) is 10.5. The van der Waals surface area contributed by atoms with Crippen LogP contribution < -0.4 is 15.0 Å². The maximum atomic E-state index is 14.2. The number of rotatable bonds is 2. The van der Waals surface area contributed by atoms with E-state index in [0.29, 0.717) is 11.8 Å². The fourth-order valence-electron chi connectivity index (χ4n) is 4.01. The van der Waals surface area contributed by atoms with E-state index in [1.54, 1.807) is 12.1 Å². The van der Waals surface area contributed by atoms with Gasteiger partial charge in [0, 0.05) is 24.8 Å². The molecular weight excluding hydrogens is 303 g/mol. The molecule has 126 valence electrons. The van der Waals surface area contributed by atoms with E-state index in [1.165, 1.54) is 24.8 Å². The second kappa shape index (κ2) is 6.10. The van der Waals surface area contributed by atoms with Crippen LogP contribution in [0.2, 0.25) is 0 Å². The van der Waals surface area contributed by atoms with Crippen LogP contribution in [0.4, 0.5) is 10.1 Å². The van der Waals surface area contributed by atoms with Gasteiger partial charge in [-0.15, -0.1) is 0 Å². The zero-order chi connectivity index (χ0) is 16.7. The standard InChI is InChI=1S/C20H23FN2O/c1-13-9-20(24-2)18(21)12-17(13)14-3-4-15-10-16-5-6-22-7-8-23(16)19(15)11-14/h3-4,9,11-12,16,22H,5-8,10H2,1-2H3. The average Bonchev–Trinajstić information content (AvgIpc) is 2.76. The third-order valence-corrected chi connectivity index (χ3v) is 5.28. The summed E-state index contributed by atoms with van der Waals surface area (Å²) in [6.07, 6.45) is 2.30. The van der Waals surface area contributed by atoms with Gasteiger partial charge in [-0.05, 0) is 66.8 Å². The van der Waals surface area contributed by atoms with Gasteiger partial charge in [0.05, 0.1) is 7.11 Å². The Bertz CT molecular complexity index is 774. The van der Waals surface area contributed by atoms with Gasteiger partial charge in [0.25, 0.3) is 0 Å². The second-order valence-corrected chi connectivity index (χ2v) is 6.74. The van der Waals surface area contributed by atoms with Gasteiger partial charge in [-0.1, -0.05) is 12.1 Å². The lowest BCUT2D eigenvalue weighted by Gasteiger charge is -2.25. The van der Waals surface area contributed by atoms with E-state index in [1.807, 2.05) is 6.92 Å². The average molecular weight is 326 g/mol. The Morgan fingerprint density at radius 1 is 1.21 bits per heavy atom. The lowest BCUT2D eigenvalue weighted by atomic mass is 9.97. The van der Waals surface area contributed by atoms with Gasteiger partial charge in [0.15, 0.2) is 11.6 Å². The zero-order valence-corrected chi connectivity index (χ0v) is 14.2. The zero-order valence-electron chi connectivity index (χ0n) is 14.2. The van der Waals surface area contributed by atoms with E-state index in [4.69, 9.17) is 4.74 Å². The fourth-order valence-corrected chi connectivity index (χ4v) is 4.01. The first-order valence-electron chi connectivity index (χ1n) is 8.62. The summed E-state index contributed by atoms with van der Waals surface area (Å²) in [6.45, 7) is 5.15. The molecule has 1 N–H and O–H groups in total. The van der Waals surface area contributed by atoms with Crippen LogP contribution in [0.15, 0.2) is 30.3 Å². The van der Waals surface area contributed by atoms with Crippen LogP contribution in [0, 0.1) is 12.7 Å². The Labute approximate surface area is 142 Å². The smallest absolute Gasteiger partial charge is 0.165 e. The summed E-state index contributed by atoms with van der Waals surface area (Å²) in [5, 5.41) is 3.48. The molecule has 2 aromatic rings. The van der Waals surface area contributed by atoms with Crippen molar-refractivity contribution in [2.75, 3.05) is 31.6 Å². The molecule has 24 heavy (non-hydrogen) atoms. The first-order valence-corrected chi connectivity index (χ1v) is 8.62. The second-order valence-electron chi connectivity index (χ2n) is 6.74. The summed E-state index contributed by atoms with van der Waals surface area (Å²) in [5.41, 5.74) is 5.77. The lowest BCUT2D eigenvalue weighted by Crippen LogP contribution is -2.32. The molecule has 0 aromatic heterocycles. The van der Waals surface area contributed by atoms with E-state index in [2.05, 4.69) is 28.4 Å². The molecule has 1 unspecified atom stereocenters. The number of aryl methyl sites for hydroxylation is 1. The molecule has 2 heterocycles. The molecule has 0 aliphatic carbocycles. The number of fused-ring (bicyclic) bond motifs is 3. The van der Waals surface area contributed by atoms with Crippen molar-refractivity contribution in [3.63, 3.8) is 0 Å². The number of ether oxygens (including phenoxy) is 1. The number of hydrogen-bond acceptors (Lipinski definition) is 3. The predicted octanol–water partition coefficient (Wildman–Crippen LogP) is 3.53. The number of nitrogens with zero attached hydrogens (tertiary/aromatic N) is 1. The minimum atomic E-state index is -0.310. The topological polar surface area (TPSA) is 24.5 Å². The van der Waals surface area contributed by atoms with Crippen LogP contribution in [-0.4, -0.2) is 32.8 Å². The quantitative estimate of drug-likeness (QED) is 0.914. The lowest BCUT2D eigenvalue weighted by molar-refractivity contribution is 0.386. The molecule has 4 heteroatoms. The number of nitrogens with one attached hydrogen (secondary N) is 1. The van der Waals surface area contributed by atoms with Gasteiger partial charge < -0.3 is 15.0 Å². The van der Waals surface area contributed by atoms with Crippen molar-refractivity contribution in [2.45, 2.75) is 25.8 Å². The van der Waals surface area contributed by atoms with E-state index in [9.17, 15) is 4.39 Å². The molecule has 0 spiro atoms. The normalized spacial score (nSPS) is 19.6. The van der Waals surface area contributed by atoms with Gasteiger partial charge in [-0.25, -0.2) is 4.39 Å². The van der Waals surface area contributed by atoms with Crippen molar-refractivity contribution in [2.24, 2.45) is 0 Å². The molecule has 4 rings (SSSR count). The molecule has 0 radical (unpaired) electrons. The molecule has 2 aromatic carbocycles. The van der Waals surface area contributed by atoms with Crippen LogP contribution in [0.3, 0.4) is 0 Å². The van der Waals surface area contributed by atoms with Gasteiger partial charge in [0.1, 0.15) is 0 Å². The van der Waals surface area contributed by atoms with Crippen molar-refractivity contribution >= 4 is 5.69 Å². The number of methoxy groups -OCH3 is 1. The summed E-state index contributed by atoms with van der Waals surface area (Å²) in [4.78, 5) is 2.52. The largest absolute Gasteiger partial charge is 0.494 e. The van der Waals surface area contributed by atoms with Crippen molar-refractivity contribution in [3.8, 4) is 16.9 Å². The fraction of sp³-hybridized carbons (Fsp3) is 0.400. The molecule has 0 amide bonds. The molecule has 1 fully saturated rings. The van der Waals surface area contributed by atoms with Crippen LogP contribution in [0.25, 0.3) is 11.1 Å². The van der Waals surface area contributed by atoms with Gasteiger partial charge in [0.2, 0.25) is 0 Å². The number of hydrogen-bond donors (Lipinski definition) is 1. The Morgan fingerprint density at radius 3 is 2.92 bits per heavy atom.